The highest BCUT2D eigenvalue weighted by Gasteiger charge is 2.71. The molecule has 5 nitrogen and oxygen atoms in total. The first-order chi connectivity index (χ1) is 19.0. The highest BCUT2D eigenvalue weighted by atomic mass is 16.6. The second-order valence-electron chi connectivity index (χ2n) is 15.6. The topological polar surface area (TPSA) is 65.1 Å². The van der Waals surface area contributed by atoms with Gasteiger partial charge in [0.25, 0.3) is 0 Å². The van der Waals surface area contributed by atoms with Crippen molar-refractivity contribution in [3.8, 4) is 0 Å². The molecule has 1 saturated heterocycles. The van der Waals surface area contributed by atoms with E-state index in [2.05, 4.69) is 41.5 Å². The lowest BCUT2D eigenvalue weighted by molar-refractivity contribution is -0.163. The minimum atomic E-state index is -0.177. The number of fused-ring (bicyclic) bond motifs is 5. The van der Waals surface area contributed by atoms with E-state index in [4.69, 9.17) is 14.2 Å². The summed E-state index contributed by atoms with van der Waals surface area (Å²) in [7, 11) is 0. The lowest BCUT2D eigenvalue weighted by Crippen LogP contribution is -2.55. The van der Waals surface area contributed by atoms with Crippen molar-refractivity contribution in [1.29, 1.82) is 0 Å². The van der Waals surface area contributed by atoms with Gasteiger partial charge in [0.2, 0.25) is 0 Å². The van der Waals surface area contributed by atoms with Crippen molar-refractivity contribution in [3.05, 3.63) is 0 Å². The normalized spacial score (nSPS) is 45.8. The summed E-state index contributed by atoms with van der Waals surface area (Å²) in [5, 5.41) is 0. The van der Waals surface area contributed by atoms with Gasteiger partial charge in [0.15, 0.2) is 0 Å². The molecule has 5 fully saturated rings. The predicted octanol–water partition coefficient (Wildman–Crippen LogP) is 8.27. The number of esters is 2. The first-order valence-electron chi connectivity index (χ1n) is 17.0. The first kappa shape index (κ1) is 30.4. The van der Waals surface area contributed by atoms with Crippen LogP contribution in [0.1, 0.15) is 138 Å². The Morgan fingerprint density at radius 3 is 2.20 bits per heavy atom. The quantitative estimate of drug-likeness (QED) is 0.199. The molecule has 0 amide bonds. The van der Waals surface area contributed by atoms with Gasteiger partial charge in [0, 0.05) is 18.8 Å². The van der Waals surface area contributed by atoms with Crippen LogP contribution < -0.4 is 0 Å². The van der Waals surface area contributed by atoms with E-state index < -0.39 is 0 Å². The highest BCUT2D eigenvalue weighted by Crippen LogP contribution is 2.71. The highest BCUT2D eigenvalue weighted by molar-refractivity contribution is 5.69. The number of hydrogen-bond acceptors (Lipinski definition) is 5. The molecule has 5 heteroatoms. The van der Waals surface area contributed by atoms with Crippen molar-refractivity contribution in [3.63, 3.8) is 0 Å². The molecule has 0 aromatic rings. The lowest BCUT2D eigenvalue weighted by Gasteiger charge is -2.61. The Kier molecular flexibility index (Phi) is 8.75. The monoisotopic (exact) mass is 558 g/mol. The maximum absolute atomic E-state index is 12.9. The molecule has 5 rings (SSSR count). The largest absolute Gasteiger partial charge is 0.462 e. The number of epoxide rings is 1. The molecule has 228 valence electrons. The molecule has 40 heavy (non-hydrogen) atoms. The molecule has 0 radical (unpaired) electrons. The van der Waals surface area contributed by atoms with Gasteiger partial charge in [-0.05, 0) is 124 Å². The zero-order chi connectivity index (χ0) is 28.9. The molecule has 0 aromatic carbocycles. The van der Waals surface area contributed by atoms with Crippen molar-refractivity contribution in [2.75, 3.05) is 0 Å². The SMILES string of the molecule is CCCC(=O)O[C@H]1CC[C@@]2(C)C(CC[C@H]3[C@@H]4C[C@H](OC(=O)CCC)[C@H]([C@@]5(C)O[C@H]5CCC(C)C)[C@@]4(C)CC[C@@H]32)C1. The summed E-state index contributed by atoms with van der Waals surface area (Å²) in [5.41, 5.74) is 0.295. The number of ether oxygens (including phenoxy) is 3. The Labute approximate surface area is 244 Å². The van der Waals surface area contributed by atoms with E-state index in [0.717, 1.165) is 38.5 Å². The molecule has 0 aromatic heterocycles. The first-order valence-corrected chi connectivity index (χ1v) is 17.0. The maximum Gasteiger partial charge on any atom is 0.306 e. The lowest BCUT2D eigenvalue weighted by atomic mass is 9.44. The maximum atomic E-state index is 12.9. The molecule has 11 atom stereocenters. The van der Waals surface area contributed by atoms with Crippen molar-refractivity contribution in [1.82, 2.24) is 0 Å². The number of rotatable bonds is 10. The van der Waals surface area contributed by atoms with Crippen molar-refractivity contribution in [2.45, 2.75) is 162 Å². The van der Waals surface area contributed by atoms with Crippen LogP contribution in [-0.2, 0) is 23.8 Å². The van der Waals surface area contributed by atoms with Crippen LogP contribution in [0.2, 0.25) is 0 Å². The molecule has 1 heterocycles. The van der Waals surface area contributed by atoms with Crippen LogP contribution in [-0.4, -0.2) is 35.9 Å². The summed E-state index contributed by atoms with van der Waals surface area (Å²) in [6.45, 7) is 16.1. The third kappa shape index (κ3) is 5.39. The van der Waals surface area contributed by atoms with E-state index in [0.29, 0.717) is 54.0 Å². The zero-order valence-corrected chi connectivity index (χ0v) is 26.6. The van der Waals surface area contributed by atoms with Gasteiger partial charge in [-0.1, -0.05) is 41.5 Å². The molecule has 4 aliphatic carbocycles. The fraction of sp³-hybridized carbons (Fsp3) is 0.943. The Morgan fingerprint density at radius 1 is 0.850 bits per heavy atom. The molecule has 0 spiro atoms. The Balaban J connectivity index is 1.35. The van der Waals surface area contributed by atoms with Gasteiger partial charge < -0.3 is 14.2 Å². The molecule has 1 aliphatic heterocycles. The van der Waals surface area contributed by atoms with E-state index in [1.807, 2.05) is 6.92 Å². The summed E-state index contributed by atoms with van der Waals surface area (Å²) in [6, 6.07) is 0. The van der Waals surface area contributed by atoms with Gasteiger partial charge in [0.1, 0.15) is 12.2 Å². The van der Waals surface area contributed by atoms with E-state index in [1.165, 1.54) is 38.5 Å². The zero-order valence-electron chi connectivity index (χ0n) is 26.6. The van der Waals surface area contributed by atoms with E-state index in [9.17, 15) is 9.59 Å². The fourth-order valence-electron chi connectivity index (χ4n) is 10.7. The minimum absolute atomic E-state index is 0.0126. The van der Waals surface area contributed by atoms with E-state index >= 15 is 0 Å². The van der Waals surface area contributed by atoms with Gasteiger partial charge in [0.05, 0.1) is 11.7 Å². The van der Waals surface area contributed by atoms with Crippen LogP contribution in [0.15, 0.2) is 0 Å². The van der Waals surface area contributed by atoms with Crippen molar-refractivity contribution < 1.29 is 23.8 Å². The fourth-order valence-corrected chi connectivity index (χ4v) is 10.7. The number of hydrogen-bond donors (Lipinski definition) is 0. The van der Waals surface area contributed by atoms with Crippen molar-refractivity contribution >= 4 is 11.9 Å². The summed E-state index contributed by atoms with van der Waals surface area (Å²) < 4.78 is 18.9. The summed E-state index contributed by atoms with van der Waals surface area (Å²) in [5.74, 6) is 3.55. The predicted molar refractivity (Wildman–Crippen MR) is 158 cm³/mol. The average Bonchev–Trinajstić information content (AvgIpc) is 3.43. The Morgan fingerprint density at radius 2 is 1.52 bits per heavy atom. The van der Waals surface area contributed by atoms with Crippen LogP contribution in [0.25, 0.3) is 0 Å². The van der Waals surface area contributed by atoms with Gasteiger partial charge in [-0.2, -0.15) is 0 Å². The number of carbonyl (C=O) groups excluding carboxylic acids is 2. The molecule has 1 unspecified atom stereocenters. The third-order valence-electron chi connectivity index (χ3n) is 12.7. The van der Waals surface area contributed by atoms with E-state index in [1.54, 1.807) is 0 Å². The average molecular weight is 559 g/mol. The summed E-state index contributed by atoms with van der Waals surface area (Å²) in [6.07, 6.45) is 14.6. The second-order valence-corrected chi connectivity index (χ2v) is 15.6. The Bertz CT molecular complexity index is 931. The summed E-state index contributed by atoms with van der Waals surface area (Å²) >= 11 is 0. The van der Waals surface area contributed by atoms with E-state index in [-0.39, 0.29) is 41.1 Å². The van der Waals surface area contributed by atoms with Gasteiger partial charge >= 0.3 is 11.9 Å². The van der Waals surface area contributed by atoms with Crippen LogP contribution in [0.3, 0.4) is 0 Å². The van der Waals surface area contributed by atoms with Crippen LogP contribution in [0.4, 0.5) is 0 Å². The van der Waals surface area contributed by atoms with Crippen molar-refractivity contribution in [2.24, 2.45) is 46.3 Å². The molecule has 0 bridgehead atoms. The molecule has 5 aliphatic rings. The molecular formula is C35H58O5. The molecule has 0 N–H and O–H groups in total. The molecular weight excluding hydrogens is 500 g/mol. The summed E-state index contributed by atoms with van der Waals surface area (Å²) in [4.78, 5) is 25.1. The minimum Gasteiger partial charge on any atom is -0.462 e. The number of carbonyl (C=O) groups is 2. The third-order valence-corrected chi connectivity index (χ3v) is 12.7. The van der Waals surface area contributed by atoms with Crippen LogP contribution in [0.5, 0.6) is 0 Å². The smallest absolute Gasteiger partial charge is 0.306 e. The van der Waals surface area contributed by atoms with Gasteiger partial charge in [-0.15, -0.1) is 0 Å². The standard InChI is InChI=1S/C35H58O5/c1-8-10-30(36)38-24-16-18-33(5)23(20-24)13-14-25-26(33)17-19-34(6)27(25)21-28(39-31(37)11-9-2)32(34)35(7)29(40-35)15-12-22(3)4/h22-29,32H,8-21H2,1-7H3/t23?,24-,25+,26-,27-,28-,29-,32-,33-,34-,35-/m0/s1. The van der Waals surface area contributed by atoms with Crippen LogP contribution in [0, 0.1) is 46.3 Å². The van der Waals surface area contributed by atoms with Crippen LogP contribution >= 0.6 is 0 Å². The van der Waals surface area contributed by atoms with Gasteiger partial charge in [-0.25, -0.2) is 0 Å². The van der Waals surface area contributed by atoms with Gasteiger partial charge in [-0.3, -0.25) is 9.59 Å². The Hall–Kier alpha value is -1.10. The molecule has 4 saturated carbocycles. The second kappa shape index (κ2) is 11.5.